The summed E-state index contributed by atoms with van der Waals surface area (Å²) in [5, 5.41) is 0. The first-order valence-electron chi connectivity index (χ1n) is 4.17. The third-order valence-corrected chi connectivity index (χ3v) is 2.65. The Morgan fingerprint density at radius 2 is 1.77 bits per heavy atom. The van der Waals surface area contributed by atoms with Crippen LogP contribution in [0.1, 0.15) is 12.5 Å². The summed E-state index contributed by atoms with van der Waals surface area (Å²) in [6, 6.07) is 8.50. The standard InChI is InChI=1S/C12H13I/c1-9(2)10(3)8-11-4-6-12(13)7-5-11/h4-7H,1,3,8H2,2H3. The van der Waals surface area contributed by atoms with E-state index in [4.69, 9.17) is 0 Å². The van der Waals surface area contributed by atoms with Crippen LogP contribution in [0.25, 0.3) is 0 Å². The molecule has 1 rings (SSSR count). The van der Waals surface area contributed by atoms with Gasteiger partial charge in [-0.25, -0.2) is 0 Å². The molecule has 1 heteroatoms. The molecule has 0 fully saturated rings. The van der Waals surface area contributed by atoms with Crippen molar-refractivity contribution in [2.24, 2.45) is 0 Å². The highest BCUT2D eigenvalue weighted by atomic mass is 127. The Morgan fingerprint density at radius 1 is 1.23 bits per heavy atom. The molecule has 0 unspecified atom stereocenters. The number of rotatable bonds is 3. The summed E-state index contributed by atoms with van der Waals surface area (Å²) in [7, 11) is 0. The van der Waals surface area contributed by atoms with Crippen LogP contribution < -0.4 is 0 Å². The van der Waals surface area contributed by atoms with Crippen molar-refractivity contribution in [3.05, 3.63) is 57.7 Å². The first-order chi connectivity index (χ1) is 6.09. The molecule has 0 bridgehead atoms. The topological polar surface area (TPSA) is 0 Å². The van der Waals surface area contributed by atoms with Gasteiger partial charge in [-0.15, -0.1) is 0 Å². The lowest BCUT2D eigenvalue weighted by Crippen LogP contribution is -1.89. The Morgan fingerprint density at radius 3 is 2.23 bits per heavy atom. The lowest BCUT2D eigenvalue weighted by Gasteiger charge is -2.04. The predicted molar refractivity (Wildman–Crippen MR) is 66.8 cm³/mol. The second-order valence-electron chi connectivity index (χ2n) is 3.19. The van der Waals surface area contributed by atoms with Gasteiger partial charge in [-0.1, -0.05) is 30.9 Å². The molecule has 1 aromatic rings. The van der Waals surface area contributed by atoms with E-state index in [1.807, 2.05) is 6.92 Å². The number of hydrogen-bond donors (Lipinski definition) is 0. The van der Waals surface area contributed by atoms with Gasteiger partial charge in [0.05, 0.1) is 0 Å². The molecule has 0 aliphatic rings. The van der Waals surface area contributed by atoms with E-state index >= 15 is 0 Å². The number of allylic oxidation sites excluding steroid dienone is 2. The smallest absolute Gasteiger partial charge is 0.0130 e. The predicted octanol–water partition coefficient (Wildman–Crippen LogP) is 3.97. The summed E-state index contributed by atoms with van der Waals surface area (Å²) in [4.78, 5) is 0. The second kappa shape index (κ2) is 4.61. The molecular formula is C12H13I. The van der Waals surface area contributed by atoms with Crippen LogP contribution in [-0.4, -0.2) is 0 Å². The Kier molecular flexibility index (Phi) is 3.72. The molecule has 0 heterocycles. The van der Waals surface area contributed by atoms with Crippen molar-refractivity contribution < 1.29 is 0 Å². The van der Waals surface area contributed by atoms with E-state index in [1.54, 1.807) is 0 Å². The molecule has 0 aromatic heterocycles. The highest BCUT2D eigenvalue weighted by molar-refractivity contribution is 14.1. The van der Waals surface area contributed by atoms with Crippen molar-refractivity contribution in [1.82, 2.24) is 0 Å². The second-order valence-corrected chi connectivity index (χ2v) is 4.43. The number of benzene rings is 1. The first-order valence-corrected chi connectivity index (χ1v) is 5.25. The van der Waals surface area contributed by atoms with Crippen molar-refractivity contribution in [3.63, 3.8) is 0 Å². The summed E-state index contributed by atoms with van der Waals surface area (Å²) in [5.41, 5.74) is 3.48. The van der Waals surface area contributed by atoms with Gasteiger partial charge < -0.3 is 0 Å². The van der Waals surface area contributed by atoms with Crippen molar-refractivity contribution >= 4 is 22.6 Å². The van der Waals surface area contributed by atoms with E-state index in [9.17, 15) is 0 Å². The minimum Gasteiger partial charge on any atom is -0.0958 e. The summed E-state index contributed by atoms with van der Waals surface area (Å²) >= 11 is 2.30. The average Bonchev–Trinajstić information content (AvgIpc) is 2.08. The van der Waals surface area contributed by atoms with Gasteiger partial charge in [0.2, 0.25) is 0 Å². The lowest BCUT2D eigenvalue weighted by atomic mass is 10.0. The van der Waals surface area contributed by atoms with E-state index in [0.29, 0.717) is 0 Å². The molecule has 0 atom stereocenters. The summed E-state index contributed by atoms with van der Waals surface area (Å²) in [6.45, 7) is 9.83. The van der Waals surface area contributed by atoms with E-state index in [2.05, 4.69) is 60.0 Å². The first kappa shape index (κ1) is 10.5. The molecule has 13 heavy (non-hydrogen) atoms. The van der Waals surface area contributed by atoms with Crippen LogP contribution in [0.15, 0.2) is 48.6 Å². The van der Waals surface area contributed by atoms with Crippen LogP contribution >= 0.6 is 22.6 Å². The van der Waals surface area contributed by atoms with Gasteiger partial charge in [0.15, 0.2) is 0 Å². The third kappa shape index (κ3) is 3.35. The van der Waals surface area contributed by atoms with Crippen LogP contribution in [0.5, 0.6) is 0 Å². The monoisotopic (exact) mass is 284 g/mol. The minimum atomic E-state index is 0.909. The van der Waals surface area contributed by atoms with Crippen molar-refractivity contribution in [2.45, 2.75) is 13.3 Å². The fourth-order valence-electron chi connectivity index (χ4n) is 1.000. The van der Waals surface area contributed by atoms with E-state index in [0.717, 1.165) is 17.6 Å². The van der Waals surface area contributed by atoms with E-state index < -0.39 is 0 Å². The molecule has 0 nitrogen and oxygen atoms in total. The molecule has 0 spiro atoms. The summed E-state index contributed by atoms with van der Waals surface area (Å²) < 4.78 is 1.27. The van der Waals surface area contributed by atoms with Gasteiger partial charge in [0.1, 0.15) is 0 Å². The Labute approximate surface area is 93.5 Å². The fraction of sp³-hybridized carbons (Fsp3) is 0.167. The zero-order valence-electron chi connectivity index (χ0n) is 7.81. The molecule has 68 valence electrons. The fourth-order valence-corrected chi connectivity index (χ4v) is 1.36. The zero-order chi connectivity index (χ0) is 9.84. The van der Waals surface area contributed by atoms with Crippen LogP contribution in [0, 0.1) is 3.57 Å². The maximum Gasteiger partial charge on any atom is 0.0130 e. The Bertz CT molecular complexity index is 319. The molecule has 0 radical (unpaired) electrons. The van der Waals surface area contributed by atoms with Gasteiger partial charge in [-0.3, -0.25) is 0 Å². The van der Waals surface area contributed by atoms with E-state index in [-0.39, 0.29) is 0 Å². The molecular weight excluding hydrogens is 271 g/mol. The molecule has 0 saturated heterocycles. The van der Waals surface area contributed by atoms with Crippen LogP contribution in [0.2, 0.25) is 0 Å². The van der Waals surface area contributed by atoms with Gasteiger partial charge in [0, 0.05) is 3.57 Å². The minimum absolute atomic E-state index is 0.909. The van der Waals surface area contributed by atoms with Gasteiger partial charge in [0.25, 0.3) is 0 Å². The van der Waals surface area contributed by atoms with Gasteiger partial charge >= 0.3 is 0 Å². The molecule has 0 N–H and O–H groups in total. The maximum atomic E-state index is 3.97. The third-order valence-electron chi connectivity index (χ3n) is 1.93. The number of halogens is 1. The summed E-state index contributed by atoms with van der Waals surface area (Å²) in [5.74, 6) is 0. The molecule has 0 saturated carbocycles. The van der Waals surface area contributed by atoms with Crippen LogP contribution in [-0.2, 0) is 6.42 Å². The molecule has 0 amide bonds. The van der Waals surface area contributed by atoms with Crippen molar-refractivity contribution in [1.29, 1.82) is 0 Å². The quantitative estimate of drug-likeness (QED) is 0.582. The van der Waals surface area contributed by atoms with Crippen LogP contribution in [0.4, 0.5) is 0 Å². The highest BCUT2D eigenvalue weighted by Gasteiger charge is 1.97. The van der Waals surface area contributed by atoms with Crippen molar-refractivity contribution in [3.8, 4) is 0 Å². The van der Waals surface area contributed by atoms with Gasteiger partial charge in [-0.05, 0) is 59.2 Å². The maximum absolute atomic E-state index is 3.97. The van der Waals surface area contributed by atoms with Crippen LogP contribution in [0.3, 0.4) is 0 Å². The molecule has 0 aliphatic heterocycles. The Balaban J connectivity index is 2.70. The Hall–Kier alpha value is -0.570. The molecule has 0 aliphatic carbocycles. The SMILES string of the molecule is C=C(C)C(=C)Cc1ccc(I)cc1. The van der Waals surface area contributed by atoms with Crippen molar-refractivity contribution in [2.75, 3.05) is 0 Å². The highest BCUT2D eigenvalue weighted by Crippen LogP contribution is 2.14. The summed E-state index contributed by atoms with van der Waals surface area (Å²) in [6.07, 6.45) is 0.909. The molecule has 1 aromatic carbocycles. The zero-order valence-corrected chi connectivity index (χ0v) is 9.97. The average molecular weight is 284 g/mol. The van der Waals surface area contributed by atoms with E-state index in [1.165, 1.54) is 9.13 Å². The normalized spacial score (nSPS) is 9.69. The number of hydrogen-bond acceptors (Lipinski definition) is 0. The largest absolute Gasteiger partial charge is 0.0958 e. The van der Waals surface area contributed by atoms with Gasteiger partial charge in [-0.2, -0.15) is 0 Å². The lowest BCUT2D eigenvalue weighted by molar-refractivity contribution is 1.16.